The zero-order chi connectivity index (χ0) is 16.4. The van der Waals surface area contributed by atoms with Crippen LogP contribution in [-0.4, -0.2) is 28.4 Å². The number of H-pyrrole nitrogens is 1. The summed E-state index contributed by atoms with van der Waals surface area (Å²) in [5.41, 5.74) is 2.31. The van der Waals surface area contributed by atoms with Crippen LogP contribution in [0.5, 0.6) is 5.75 Å². The maximum absolute atomic E-state index is 13.8. The number of methoxy groups -OCH3 is 1. The summed E-state index contributed by atoms with van der Waals surface area (Å²) >= 11 is 0. The molecule has 1 heterocycles. The van der Waals surface area contributed by atoms with E-state index in [4.69, 9.17) is 4.74 Å². The van der Waals surface area contributed by atoms with Crippen molar-refractivity contribution >= 4 is 5.97 Å². The van der Waals surface area contributed by atoms with Crippen molar-refractivity contribution in [3.8, 4) is 28.3 Å². The van der Waals surface area contributed by atoms with Crippen molar-refractivity contribution in [2.24, 2.45) is 0 Å². The molecule has 0 aliphatic rings. The summed E-state index contributed by atoms with van der Waals surface area (Å²) < 4.78 is 18.7. The molecule has 0 saturated heterocycles. The van der Waals surface area contributed by atoms with Crippen molar-refractivity contribution in [1.29, 1.82) is 0 Å². The molecule has 0 bridgehead atoms. The second-order valence-corrected chi connectivity index (χ2v) is 4.87. The lowest BCUT2D eigenvalue weighted by atomic mass is 10.0. The number of benzene rings is 2. The number of hydrogen-bond donors (Lipinski definition) is 2. The summed E-state index contributed by atoms with van der Waals surface area (Å²) in [5.74, 6) is -1.35. The maximum Gasteiger partial charge on any atom is 0.336 e. The van der Waals surface area contributed by atoms with Gasteiger partial charge in [-0.3, -0.25) is 5.10 Å². The minimum absolute atomic E-state index is 0.157. The first kappa shape index (κ1) is 14.8. The number of carboxylic acids is 1. The van der Waals surface area contributed by atoms with Gasteiger partial charge >= 0.3 is 5.97 Å². The van der Waals surface area contributed by atoms with Crippen LogP contribution in [0.2, 0.25) is 0 Å². The average Bonchev–Trinajstić information content (AvgIpc) is 3.04. The molecule has 0 aliphatic carbocycles. The standard InChI is InChI=1S/C17H13FN2O3/c1-23-16-7-6-10(8-13(16)18)14-9-15(20-19-14)11-4-2-3-5-12(11)17(21)22/h2-9H,1H3,(H,19,20)(H,21,22). The van der Waals surface area contributed by atoms with Crippen molar-refractivity contribution in [3.63, 3.8) is 0 Å². The quantitative estimate of drug-likeness (QED) is 0.772. The largest absolute Gasteiger partial charge is 0.494 e. The fraction of sp³-hybridized carbons (Fsp3) is 0.0588. The normalized spacial score (nSPS) is 10.5. The van der Waals surface area contributed by atoms with E-state index in [-0.39, 0.29) is 11.3 Å². The molecule has 0 fully saturated rings. The number of hydrogen-bond acceptors (Lipinski definition) is 3. The Balaban J connectivity index is 2.01. The summed E-state index contributed by atoms with van der Waals surface area (Å²) in [6.07, 6.45) is 0. The molecule has 0 atom stereocenters. The van der Waals surface area contributed by atoms with Gasteiger partial charge in [0.15, 0.2) is 11.6 Å². The Kier molecular flexibility index (Phi) is 3.80. The number of ether oxygens (including phenoxy) is 1. The molecule has 3 aromatic rings. The van der Waals surface area contributed by atoms with Crippen LogP contribution >= 0.6 is 0 Å². The fourth-order valence-electron chi connectivity index (χ4n) is 2.33. The molecule has 23 heavy (non-hydrogen) atoms. The number of aromatic amines is 1. The van der Waals surface area contributed by atoms with Gasteiger partial charge in [-0.1, -0.05) is 18.2 Å². The van der Waals surface area contributed by atoms with Gasteiger partial charge in [-0.05, 0) is 30.3 Å². The van der Waals surface area contributed by atoms with Gasteiger partial charge in [0.05, 0.1) is 24.1 Å². The lowest BCUT2D eigenvalue weighted by molar-refractivity contribution is 0.0697. The van der Waals surface area contributed by atoms with E-state index in [1.165, 1.54) is 25.3 Å². The minimum atomic E-state index is -1.03. The van der Waals surface area contributed by atoms with E-state index in [1.54, 1.807) is 30.3 Å². The average molecular weight is 312 g/mol. The summed E-state index contributed by atoms with van der Waals surface area (Å²) in [5, 5.41) is 16.2. The predicted octanol–water partition coefficient (Wildman–Crippen LogP) is 3.59. The van der Waals surface area contributed by atoms with E-state index < -0.39 is 11.8 Å². The number of halogens is 1. The SMILES string of the molecule is COc1ccc(-c2cc(-c3ccccc3C(=O)O)n[nH]2)cc1F. The van der Waals surface area contributed by atoms with E-state index in [1.807, 2.05) is 0 Å². The van der Waals surface area contributed by atoms with Gasteiger partial charge in [-0.15, -0.1) is 0 Å². The zero-order valence-corrected chi connectivity index (χ0v) is 12.2. The highest BCUT2D eigenvalue weighted by Gasteiger charge is 2.14. The number of rotatable bonds is 4. The van der Waals surface area contributed by atoms with E-state index in [2.05, 4.69) is 10.2 Å². The topological polar surface area (TPSA) is 75.2 Å². The van der Waals surface area contributed by atoms with Gasteiger partial charge in [0, 0.05) is 11.1 Å². The van der Waals surface area contributed by atoms with E-state index in [9.17, 15) is 14.3 Å². The van der Waals surface area contributed by atoms with Gasteiger partial charge in [-0.2, -0.15) is 5.10 Å². The molecule has 0 radical (unpaired) electrons. The first-order chi connectivity index (χ1) is 11.1. The molecule has 2 N–H and O–H groups in total. The van der Waals surface area contributed by atoms with Gasteiger partial charge in [-0.25, -0.2) is 9.18 Å². The summed E-state index contributed by atoms with van der Waals surface area (Å²) in [6.45, 7) is 0. The molecule has 0 unspecified atom stereocenters. The van der Waals surface area contributed by atoms with Crippen molar-refractivity contribution in [3.05, 3.63) is 59.9 Å². The first-order valence-electron chi connectivity index (χ1n) is 6.82. The Morgan fingerprint density at radius 3 is 2.70 bits per heavy atom. The maximum atomic E-state index is 13.8. The van der Waals surface area contributed by atoms with E-state index >= 15 is 0 Å². The minimum Gasteiger partial charge on any atom is -0.494 e. The summed E-state index contributed by atoms with van der Waals surface area (Å²) in [7, 11) is 1.40. The van der Waals surface area contributed by atoms with Crippen LogP contribution in [0, 0.1) is 5.82 Å². The Hall–Kier alpha value is -3.15. The number of nitrogens with one attached hydrogen (secondary N) is 1. The molecule has 1 aromatic heterocycles. The van der Waals surface area contributed by atoms with E-state index in [0.717, 1.165) is 0 Å². The lowest BCUT2D eigenvalue weighted by Gasteiger charge is -2.03. The Morgan fingerprint density at radius 2 is 2.00 bits per heavy atom. The second-order valence-electron chi connectivity index (χ2n) is 4.87. The van der Waals surface area contributed by atoms with Gasteiger partial charge < -0.3 is 9.84 Å². The molecule has 116 valence electrons. The molecule has 0 aliphatic heterocycles. The monoisotopic (exact) mass is 312 g/mol. The van der Waals surface area contributed by atoms with Crippen molar-refractivity contribution in [2.75, 3.05) is 7.11 Å². The highest BCUT2D eigenvalue weighted by molar-refractivity contribution is 5.95. The Labute approximate surface area is 131 Å². The van der Waals surface area contributed by atoms with Gasteiger partial charge in [0.25, 0.3) is 0 Å². The molecule has 0 amide bonds. The van der Waals surface area contributed by atoms with Gasteiger partial charge in [0.1, 0.15) is 0 Å². The van der Waals surface area contributed by atoms with Crippen LogP contribution in [0.1, 0.15) is 10.4 Å². The number of carbonyl (C=O) groups is 1. The Morgan fingerprint density at radius 1 is 1.22 bits per heavy atom. The third-order valence-corrected chi connectivity index (χ3v) is 3.47. The summed E-state index contributed by atoms with van der Waals surface area (Å²) in [4.78, 5) is 11.3. The van der Waals surface area contributed by atoms with Crippen molar-refractivity contribution in [1.82, 2.24) is 10.2 Å². The molecule has 6 heteroatoms. The second kappa shape index (κ2) is 5.92. The van der Waals surface area contributed by atoms with Crippen LogP contribution in [0.4, 0.5) is 4.39 Å². The number of carboxylic acid groups (broad SMARTS) is 1. The molecular formula is C17H13FN2O3. The van der Waals surface area contributed by atoms with Crippen LogP contribution in [0.15, 0.2) is 48.5 Å². The number of aromatic carboxylic acids is 1. The molecule has 0 spiro atoms. The molecule has 5 nitrogen and oxygen atoms in total. The highest BCUT2D eigenvalue weighted by atomic mass is 19.1. The lowest BCUT2D eigenvalue weighted by Crippen LogP contribution is -1.98. The van der Waals surface area contributed by atoms with Crippen LogP contribution in [0.25, 0.3) is 22.5 Å². The van der Waals surface area contributed by atoms with Crippen LogP contribution in [-0.2, 0) is 0 Å². The first-order valence-corrected chi connectivity index (χ1v) is 6.82. The molecular weight excluding hydrogens is 299 g/mol. The van der Waals surface area contributed by atoms with Crippen molar-refractivity contribution in [2.45, 2.75) is 0 Å². The fourth-order valence-corrected chi connectivity index (χ4v) is 2.33. The van der Waals surface area contributed by atoms with Gasteiger partial charge in [0.2, 0.25) is 0 Å². The number of nitrogens with zero attached hydrogens (tertiary/aromatic N) is 1. The third-order valence-electron chi connectivity index (χ3n) is 3.47. The number of aromatic nitrogens is 2. The molecule has 3 rings (SSSR count). The van der Waals surface area contributed by atoms with Crippen LogP contribution < -0.4 is 4.74 Å². The summed E-state index contributed by atoms with van der Waals surface area (Å²) in [6, 6.07) is 12.8. The van der Waals surface area contributed by atoms with Crippen molar-refractivity contribution < 1.29 is 19.0 Å². The third kappa shape index (κ3) is 2.78. The molecule has 2 aromatic carbocycles. The highest BCUT2D eigenvalue weighted by Crippen LogP contribution is 2.28. The van der Waals surface area contributed by atoms with Crippen LogP contribution in [0.3, 0.4) is 0 Å². The van der Waals surface area contributed by atoms with E-state index in [0.29, 0.717) is 22.5 Å². The predicted molar refractivity (Wildman–Crippen MR) is 82.9 cm³/mol. The smallest absolute Gasteiger partial charge is 0.336 e. The molecule has 0 saturated carbocycles. The Bertz CT molecular complexity index is 874. The zero-order valence-electron chi connectivity index (χ0n) is 12.2.